The largest absolute Gasteiger partial charge is 0.330 e. The molecule has 0 atom stereocenters. The van der Waals surface area contributed by atoms with E-state index in [1.54, 1.807) is 0 Å². The average Bonchev–Trinajstić information content (AvgIpc) is 2.39. The second-order valence-corrected chi connectivity index (χ2v) is 2.43. The highest BCUT2D eigenvalue weighted by atomic mass is 15.1. The highest BCUT2D eigenvalue weighted by Gasteiger charge is 2.06. The minimum atomic E-state index is 0.667. The lowest BCUT2D eigenvalue weighted by atomic mass is 10.4. The van der Waals surface area contributed by atoms with Crippen LogP contribution >= 0.6 is 0 Å². The zero-order chi connectivity index (χ0) is 8.10. The van der Waals surface area contributed by atoms with Crippen LogP contribution in [0.5, 0.6) is 0 Å². The Labute approximate surface area is 66.2 Å². The highest BCUT2D eigenvalue weighted by molar-refractivity contribution is 4.77. The topological polar surface area (TPSA) is 71.7 Å². The van der Waals surface area contributed by atoms with Crippen LogP contribution in [0.2, 0.25) is 0 Å². The molecule has 0 saturated heterocycles. The van der Waals surface area contributed by atoms with Crippen molar-refractivity contribution in [2.75, 3.05) is 13.1 Å². The van der Waals surface area contributed by atoms with Gasteiger partial charge in [0.1, 0.15) is 18.9 Å². The van der Waals surface area contributed by atoms with Gasteiger partial charge in [-0.15, -0.1) is 0 Å². The van der Waals surface area contributed by atoms with Gasteiger partial charge in [-0.05, 0) is 0 Å². The van der Waals surface area contributed by atoms with Crippen molar-refractivity contribution >= 4 is 0 Å². The number of hydrogen-bond donors (Lipinski definition) is 3. The molecule has 0 amide bonds. The first kappa shape index (κ1) is 8.23. The number of rotatable bonds is 4. The van der Waals surface area contributed by atoms with Crippen LogP contribution in [-0.2, 0) is 13.0 Å². The predicted octanol–water partition coefficient (Wildman–Crippen LogP) is -1.24. The number of hydrogen-bond acceptors (Lipinski definition) is 2. The molecule has 1 heterocycles. The molecule has 0 aliphatic carbocycles. The van der Waals surface area contributed by atoms with Crippen LogP contribution in [-0.4, -0.2) is 18.1 Å². The summed E-state index contributed by atoms with van der Waals surface area (Å²) in [7, 11) is 0. The number of H-pyrrole nitrogens is 1. The second-order valence-electron chi connectivity index (χ2n) is 2.43. The van der Waals surface area contributed by atoms with E-state index in [0.717, 1.165) is 18.8 Å². The monoisotopic (exact) mass is 155 g/mol. The fourth-order valence-corrected chi connectivity index (χ4v) is 1.10. The van der Waals surface area contributed by atoms with Gasteiger partial charge in [0.05, 0.1) is 6.42 Å². The second kappa shape index (κ2) is 4.10. The summed E-state index contributed by atoms with van der Waals surface area (Å²) in [6, 6.07) is 0. The highest BCUT2D eigenvalue weighted by Crippen LogP contribution is 1.85. The minimum Gasteiger partial charge on any atom is -0.330 e. The van der Waals surface area contributed by atoms with E-state index in [-0.39, 0.29) is 0 Å². The van der Waals surface area contributed by atoms with E-state index < -0.39 is 0 Å². The summed E-state index contributed by atoms with van der Waals surface area (Å²) in [6.45, 7) is 2.20. The Morgan fingerprint density at radius 3 is 2.82 bits per heavy atom. The molecule has 0 aliphatic rings. The lowest BCUT2D eigenvalue weighted by Crippen LogP contribution is -2.40. The Morgan fingerprint density at radius 2 is 2.18 bits per heavy atom. The van der Waals surface area contributed by atoms with Crippen LogP contribution in [0.3, 0.4) is 0 Å². The van der Waals surface area contributed by atoms with E-state index in [1.165, 1.54) is 0 Å². The van der Waals surface area contributed by atoms with Crippen LogP contribution in [0.15, 0.2) is 12.4 Å². The maximum atomic E-state index is 5.42. The van der Waals surface area contributed by atoms with Crippen molar-refractivity contribution in [2.24, 2.45) is 11.5 Å². The minimum absolute atomic E-state index is 0.667. The SMILES string of the molecule is NCCc1[nH]cc[n+]1CCN. The van der Waals surface area contributed by atoms with E-state index in [9.17, 15) is 0 Å². The zero-order valence-electron chi connectivity index (χ0n) is 6.59. The third-order valence-corrected chi connectivity index (χ3v) is 1.60. The molecule has 62 valence electrons. The molecule has 0 spiro atoms. The molecular weight excluding hydrogens is 140 g/mol. The summed E-state index contributed by atoms with van der Waals surface area (Å²) in [4.78, 5) is 3.12. The van der Waals surface area contributed by atoms with E-state index in [2.05, 4.69) is 9.55 Å². The summed E-state index contributed by atoms with van der Waals surface area (Å²) < 4.78 is 2.09. The Kier molecular flexibility index (Phi) is 3.07. The first-order valence-corrected chi connectivity index (χ1v) is 3.84. The van der Waals surface area contributed by atoms with Crippen molar-refractivity contribution in [3.63, 3.8) is 0 Å². The van der Waals surface area contributed by atoms with E-state index in [1.807, 2.05) is 12.4 Å². The number of nitrogens with zero attached hydrogens (tertiary/aromatic N) is 1. The number of nitrogens with two attached hydrogens (primary N) is 2. The molecule has 0 bridgehead atoms. The van der Waals surface area contributed by atoms with E-state index in [4.69, 9.17) is 11.5 Å². The van der Waals surface area contributed by atoms with Gasteiger partial charge in [-0.2, -0.15) is 0 Å². The van der Waals surface area contributed by atoms with Gasteiger partial charge in [0, 0.05) is 13.1 Å². The molecule has 1 aromatic rings. The first-order valence-electron chi connectivity index (χ1n) is 3.84. The van der Waals surface area contributed by atoms with Crippen molar-refractivity contribution in [3.8, 4) is 0 Å². The first-order chi connectivity index (χ1) is 5.38. The van der Waals surface area contributed by atoms with E-state index >= 15 is 0 Å². The lowest BCUT2D eigenvalue weighted by Gasteiger charge is -1.95. The fraction of sp³-hybridized carbons (Fsp3) is 0.571. The van der Waals surface area contributed by atoms with Crippen molar-refractivity contribution in [2.45, 2.75) is 13.0 Å². The van der Waals surface area contributed by atoms with Crippen molar-refractivity contribution in [1.82, 2.24) is 4.98 Å². The zero-order valence-corrected chi connectivity index (χ0v) is 6.59. The average molecular weight is 155 g/mol. The maximum Gasteiger partial charge on any atom is 0.255 e. The number of aromatic amines is 1. The smallest absolute Gasteiger partial charge is 0.255 e. The van der Waals surface area contributed by atoms with Gasteiger partial charge in [-0.1, -0.05) is 0 Å². The lowest BCUT2D eigenvalue weighted by molar-refractivity contribution is -0.700. The molecule has 4 heteroatoms. The Morgan fingerprint density at radius 1 is 1.36 bits per heavy atom. The van der Waals surface area contributed by atoms with Gasteiger partial charge in [0.15, 0.2) is 0 Å². The molecule has 0 aromatic carbocycles. The Balaban J connectivity index is 2.62. The molecule has 5 N–H and O–H groups in total. The molecule has 11 heavy (non-hydrogen) atoms. The van der Waals surface area contributed by atoms with Crippen molar-refractivity contribution < 1.29 is 4.57 Å². The van der Waals surface area contributed by atoms with Crippen molar-refractivity contribution in [3.05, 3.63) is 18.2 Å². The summed E-state index contributed by atoms with van der Waals surface area (Å²) in [5.41, 5.74) is 10.8. The normalized spacial score (nSPS) is 10.4. The van der Waals surface area contributed by atoms with Gasteiger partial charge in [0.2, 0.25) is 0 Å². The van der Waals surface area contributed by atoms with Gasteiger partial charge in [-0.25, -0.2) is 9.55 Å². The molecule has 0 saturated carbocycles. The molecule has 0 radical (unpaired) electrons. The quantitative estimate of drug-likeness (QED) is 0.476. The molecule has 0 aliphatic heterocycles. The van der Waals surface area contributed by atoms with Gasteiger partial charge < -0.3 is 11.5 Å². The van der Waals surface area contributed by atoms with Gasteiger partial charge in [0.25, 0.3) is 5.82 Å². The third kappa shape index (κ3) is 2.03. The van der Waals surface area contributed by atoms with Gasteiger partial charge >= 0.3 is 0 Å². The number of aromatic nitrogens is 2. The van der Waals surface area contributed by atoms with E-state index in [0.29, 0.717) is 13.1 Å². The van der Waals surface area contributed by atoms with Gasteiger partial charge in [-0.3, -0.25) is 0 Å². The Bertz CT molecular complexity index is 185. The number of nitrogens with one attached hydrogen (secondary N) is 1. The van der Waals surface area contributed by atoms with Crippen LogP contribution in [0.25, 0.3) is 0 Å². The summed E-state index contributed by atoms with van der Waals surface area (Å²) in [6.07, 6.45) is 4.77. The summed E-state index contributed by atoms with van der Waals surface area (Å²) in [5.74, 6) is 1.15. The standard InChI is InChI=1S/C7H14N4/c8-2-1-7-10-4-6-11(7)5-3-9/h4,6H,1-3,5,8-9H2/p+1. The van der Waals surface area contributed by atoms with Crippen LogP contribution < -0.4 is 16.0 Å². The molecule has 4 nitrogen and oxygen atoms in total. The molecular formula is C7H15N4+. The maximum absolute atomic E-state index is 5.42. The molecule has 0 fully saturated rings. The van der Waals surface area contributed by atoms with Crippen LogP contribution in [0.4, 0.5) is 0 Å². The Hall–Kier alpha value is -0.870. The number of imidazole rings is 1. The summed E-state index contributed by atoms with van der Waals surface area (Å²) >= 11 is 0. The predicted molar refractivity (Wildman–Crippen MR) is 42.8 cm³/mol. The molecule has 0 unspecified atom stereocenters. The fourth-order valence-electron chi connectivity index (χ4n) is 1.10. The van der Waals surface area contributed by atoms with Crippen molar-refractivity contribution in [1.29, 1.82) is 0 Å². The molecule has 1 aromatic heterocycles. The van der Waals surface area contributed by atoms with Crippen LogP contribution in [0, 0.1) is 0 Å². The third-order valence-electron chi connectivity index (χ3n) is 1.60. The van der Waals surface area contributed by atoms with Crippen LogP contribution in [0.1, 0.15) is 5.82 Å². The molecule has 1 rings (SSSR count). The summed E-state index contributed by atoms with van der Waals surface area (Å²) in [5, 5.41) is 0.